The third-order valence-electron chi connectivity index (χ3n) is 5.86. The SMILES string of the molecule is CC(CCc1ccc(O)cc1F)NC1CCn2c(=O)[nH]c3c2=C(CCC=3)C1O. The van der Waals surface area contributed by atoms with Crippen LogP contribution in [0.25, 0.3) is 11.6 Å². The Hall–Kier alpha value is -2.38. The molecule has 6 nitrogen and oxygen atoms in total. The van der Waals surface area contributed by atoms with Gasteiger partial charge in [-0.2, -0.15) is 0 Å². The fourth-order valence-corrected chi connectivity index (χ4v) is 4.38. The first-order chi connectivity index (χ1) is 13.4. The monoisotopic (exact) mass is 387 g/mol. The quantitative estimate of drug-likeness (QED) is 0.601. The number of benzene rings is 1. The second-order valence-corrected chi connectivity index (χ2v) is 7.83. The molecule has 4 N–H and O–H groups in total. The van der Waals surface area contributed by atoms with Gasteiger partial charge in [0.05, 0.1) is 16.8 Å². The molecule has 2 heterocycles. The largest absolute Gasteiger partial charge is 0.508 e. The summed E-state index contributed by atoms with van der Waals surface area (Å²) in [5, 5.41) is 25.5. The molecule has 0 saturated carbocycles. The van der Waals surface area contributed by atoms with Gasteiger partial charge in [0.15, 0.2) is 0 Å². The molecule has 0 saturated heterocycles. The van der Waals surface area contributed by atoms with Crippen molar-refractivity contribution in [3.63, 3.8) is 0 Å². The van der Waals surface area contributed by atoms with Gasteiger partial charge in [-0.15, -0.1) is 0 Å². The number of rotatable bonds is 5. The zero-order valence-corrected chi connectivity index (χ0v) is 15.9. The lowest BCUT2D eigenvalue weighted by Gasteiger charge is -2.28. The van der Waals surface area contributed by atoms with Gasteiger partial charge in [0.1, 0.15) is 11.6 Å². The zero-order chi connectivity index (χ0) is 19.8. The Labute approximate surface area is 162 Å². The first-order valence-electron chi connectivity index (χ1n) is 9.87. The number of H-pyrrole nitrogens is 1. The Morgan fingerprint density at radius 1 is 1.43 bits per heavy atom. The smallest absolute Gasteiger partial charge is 0.326 e. The van der Waals surface area contributed by atoms with Crippen LogP contribution in [0.3, 0.4) is 0 Å². The van der Waals surface area contributed by atoms with E-state index in [-0.39, 0.29) is 23.5 Å². The van der Waals surface area contributed by atoms with Crippen LogP contribution < -0.4 is 21.7 Å². The third-order valence-corrected chi connectivity index (χ3v) is 5.86. The predicted octanol–water partition coefficient (Wildman–Crippen LogP) is 0.490. The van der Waals surface area contributed by atoms with E-state index in [1.165, 1.54) is 6.07 Å². The molecule has 0 radical (unpaired) electrons. The van der Waals surface area contributed by atoms with Gasteiger partial charge in [-0.1, -0.05) is 12.1 Å². The highest BCUT2D eigenvalue weighted by atomic mass is 19.1. The number of phenols is 1. The lowest BCUT2D eigenvalue weighted by molar-refractivity contribution is 0.162. The van der Waals surface area contributed by atoms with Crippen molar-refractivity contribution in [1.29, 1.82) is 0 Å². The first-order valence-corrected chi connectivity index (χ1v) is 9.87. The summed E-state index contributed by atoms with van der Waals surface area (Å²) in [5.41, 5.74) is 1.36. The average Bonchev–Trinajstić information content (AvgIpc) is 2.91. The molecule has 0 amide bonds. The topological polar surface area (TPSA) is 90.3 Å². The number of aromatic hydroxyl groups is 1. The number of imidazole rings is 1. The van der Waals surface area contributed by atoms with Crippen LogP contribution in [0.5, 0.6) is 5.75 Å². The fraction of sp³-hybridized carbons (Fsp3) is 0.476. The normalized spacial score (nSPS) is 22.3. The lowest BCUT2D eigenvalue weighted by Crippen LogP contribution is -2.46. The minimum Gasteiger partial charge on any atom is -0.508 e. The molecule has 2 aromatic rings. The summed E-state index contributed by atoms with van der Waals surface area (Å²) in [6.45, 7) is 2.57. The second-order valence-electron chi connectivity index (χ2n) is 7.83. The summed E-state index contributed by atoms with van der Waals surface area (Å²) in [5.74, 6) is -0.476. The van der Waals surface area contributed by atoms with E-state index in [0.717, 1.165) is 35.2 Å². The van der Waals surface area contributed by atoms with Gasteiger partial charge in [0.25, 0.3) is 0 Å². The van der Waals surface area contributed by atoms with Crippen molar-refractivity contribution in [3.8, 4) is 5.75 Å². The van der Waals surface area contributed by atoms with Crippen molar-refractivity contribution in [2.45, 2.75) is 63.8 Å². The van der Waals surface area contributed by atoms with Gasteiger partial charge in [-0.25, -0.2) is 9.18 Å². The van der Waals surface area contributed by atoms with E-state index in [4.69, 9.17) is 0 Å². The van der Waals surface area contributed by atoms with Gasteiger partial charge >= 0.3 is 5.69 Å². The summed E-state index contributed by atoms with van der Waals surface area (Å²) in [6.07, 6.45) is 4.81. The number of nitrogens with one attached hydrogen (secondary N) is 2. The summed E-state index contributed by atoms with van der Waals surface area (Å²) >= 11 is 0. The number of phenolic OH excluding ortho intramolecular Hbond substituents is 1. The van der Waals surface area contributed by atoms with Crippen LogP contribution in [-0.2, 0) is 13.0 Å². The number of aliphatic hydroxyl groups is 1. The predicted molar refractivity (Wildman–Crippen MR) is 105 cm³/mol. The first kappa shape index (κ1) is 19.0. The minimum absolute atomic E-state index is 0.0684. The van der Waals surface area contributed by atoms with Crippen LogP contribution in [-0.4, -0.2) is 38.0 Å². The standard InChI is InChI=1S/C21H26FN3O3/c1-12(5-6-13-7-8-14(26)11-16(13)22)23-18-9-10-25-19-15(20(18)27)3-2-4-17(19)24-21(25)28/h4,7-8,11-12,18,20,23,26-27H,2-3,5-6,9-10H2,1H3,(H,24,28). The Morgan fingerprint density at radius 2 is 2.25 bits per heavy atom. The minimum atomic E-state index is -0.649. The number of halogens is 1. The van der Waals surface area contributed by atoms with Crippen molar-refractivity contribution in [2.24, 2.45) is 0 Å². The highest BCUT2D eigenvalue weighted by Gasteiger charge is 2.29. The molecule has 0 spiro atoms. The molecule has 3 unspecified atom stereocenters. The lowest BCUT2D eigenvalue weighted by atomic mass is 9.93. The maximum atomic E-state index is 13.9. The molecule has 28 heavy (non-hydrogen) atoms. The maximum absolute atomic E-state index is 13.9. The molecule has 150 valence electrons. The van der Waals surface area contributed by atoms with Crippen LogP contribution in [0.2, 0.25) is 0 Å². The summed E-state index contributed by atoms with van der Waals surface area (Å²) in [4.78, 5) is 15.1. The van der Waals surface area contributed by atoms with E-state index < -0.39 is 11.9 Å². The molecular formula is C21H26FN3O3. The Kier molecular flexibility index (Phi) is 5.12. The van der Waals surface area contributed by atoms with Crippen molar-refractivity contribution in [2.75, 3.05) is 0 Å². The van der Waals surface area contributed by atoms with E-state index in [9.17, 15) is 19.4 Å². The number of aryl methyl sites for hydroxylation is 1. The van der Waals surface area contributed by atoms with E-state index >= 15 is 0 Å². The van der Waals surface area contributed by atoms with E-state index in [0.29, 0.717) is 31.4 Å². The van der Waals surface area contributed by atoms with Crippen molar-refractivity contribution in [1.82, 2.24) is 14.9 Å². The van der Waals surface area contributed by atoms with Gasteiger partial charge in [0.2, 0.25) is 0 Å². The number of hydrogen-bond donors (Lipinski definition) is 4. The molecule has 1 aliphatic carbocycles. The molecule has 0 fully saturated rings. The molecule has 1 aromatic heterocycles. The van der Waals surface area contributed by atoms with Crippen LogP contribution >= 0.6 is 0 Å². The molecular weight excluding hydrogens is 361 g/mol. The molecule has 4 rings (SSSR count). The molecule has 1 aromatic carbocycles. The van der Waals surface area contributed by atoms with E-state index in [1.807, 2.05) is 13.0 Å². The van der Waals surface area contributed by atoms with Crippen molar-refractivity contribution in [3.05, 3.63) is 50.8 Å². The Morgan fingerprint density at radius 3 is 3.04 bits per heavy atom. The van der Waals surface area contributed by atoms with Gasteiger partial charge in [-0.3, -0.25) is 4.57 Å². The third kappa shape index (κ3) is 3.52. The van der Waals surface area contributed by atoms with Gasteiger partial charge in [-0.05, 0) is 56.2 Å². The maximum Gasteiger partial charge on any atom is 0.326 e. The second kappa shape index (κ2) is 7.56. The molecule has 1 aliphatic heterocycles. The number of nitrogens with zero attached hydrogens (tertiary/aromatic N) is 1. The summed E-state index contributed by atoms with van der Waals surface area (Å²) < 4.78 is 15.6. The van der Waals surface area contributed by atoms with E-state index in [1.54, 1.807) is 10.6 Å². The summed E-state index contributed by atoms with van der Waals surface area (Å²) in [6, 6.07) is 4.14. The van der Waals surface area contributed by atoms with Crippen LogP contribution in [0, 0.1) is 5.82 Å². The van der Waals surface area contributed by atoms with E-state index in [2.05, 4.69) is 10.3 Å². The van der Waals surface area contributed by atoms with Crippen LogP contribution in [0.15, 0.2) is 23.0 Å². The van der Waals surface area contributed by atoms with Crippen molar-refractivity contribution < 1.29 is 14.6 Å². The van der Waals surface area contributed by atoms with Gasteiger partial charge < -0.3 is 20.5 Å². The number of aromatic nitrogens is 2. The average molecular weight is 387 g/mol. The zero-order valence-electron chi connectivity index (χ0n) is 15.9. The van der Waals surface area contributed by atoms with Crippen LogP contribution in [0.1, 0.15) is 38.2 Å². The molecule has 2 aliphatic rings. The highest BCUT2D eigenvalue weighted by molar-refractivity contribution is 5.53. The molecule has 7 heteroatoms. The Balaban J connectivity index is 1.47. The number of aliphatic hydroxyl groups excluding tert-OH is 1. The highest BCUT2D eigenvalue weighted by Crippen LogP contribution is 2.21. The fourth-order valence-electron chi connectivity index (χ4n) is 4.38. The van der Waals surface area contributed by atoms with Crippen LogP contribution in [0.4, 0.5) is 4.39 Å². The molecule has 0 bridgehead atoms. The van der Waals surface area contributed by atoms with Crippen molar-refractivity contribution >= 4 is 11.6 Å². The number of aromatic amines is 1. The number of hydrogen-bond acceptors (Lipinski definition) is 4. The van der Waals surface area contributed by atoms with Gasteiger partial charge in [0, 0.05) is 24.7 Å². The summed E-state index contributed by atoms with van der Waals surface area (Å²) in [7, 11) is 0. The Bertz CT molecular complexity index is 1060. The molecule has 3 atom stereocenters.